The summed E-state index contributed by atoms with van der Waals surface area (Å²) >= 11 is 0. The minimum Gasteiger partial charge on any atom is -0.550 e. The van der Waals surface area contributed by atoms with Crippen LogP contribution >= 0.6 is 0 Å². The number of hydrogen-bond acceptors (Lipinski definition) is 4. The lowest BCUT2D eigenvalue weighted by molar-refractivity contribution is -0.305. The lowest BCUT2D eigenvalue weighted by Crippen LogP contribution is -2.23. The van der Waals surface area contributed by atoms with Gasteiger partial charge in [-0.1, -0.05) is 13.8 Å². The van der Waals surface area contributed by atoms with Gasteiger partial charge in [0, 0.05) is 5.97 Å². The Bertz CT molecular complexity index is 162. The molecule has 0 aromatic heterocycles. The summed E-state index contributed by atoms with van der Waals surface area (Å²) in [5, 5.41) is 9.92. The minimum absolute atomic E-state index is 0.102. The number of carboxylic acid groups (broad SMARTS) is 1. The van der Waals surface area contributed by atoms with Crippen molar-refractivity contribution in [3.05, 3.63) is 0 Å². The van der Waals surface area contributed by atoms with Gasteiger partial charge in [0.15, 0.2) is 0 Å². The second-order valence-electron chi connectivity index (χ2n) is 2.95. The summed E-state index contributed by atoms with van der Waals surface area (Å²) in [6.07, 6.45) is -0.369. The fourth-order valence-electron chi connectivity index (χ4n) is 0.536. The zero-order chi connectivity index (χ0) is 9.56. The van der Waals surface area contributed by atoms with Gasteiger partial charge in [0.05, 0.1) is 13.0 Å². The van der Waals surface area contributed by atoms with Crippen LogP contribution in [0.5, 0.6) is 0 Å². The third-order valence-electron chi connectivity index (χ3n) is 1.11. The van der Waals surface area contributed by atoms with Crippen molar-refractivity contribution in [1.29, 1.82) is 0 Å². The number of carbonyl (C=O) groups excluding carboxylic acids is 2. The molecule has 0 aliphatic rings. The minimum atomic E-state index is -1.23. The summed E-state index contributed by atoms with van der Waals surface area (Å²) in [5.74, 6) is -1.43. The molecular weight excluding hydrogens is 160 g/mol. The second kappa shape index (κ2) is 5.57. The van der Waals surface area contributed by atoms with Crippen molar-refractivity contribution in [3.63, 3.8) is 0 Å². The van der Waals surface area contributed by atoms with Crippen LogP contribution < -0.4 is 5.11 Å². The Morgan fingerprint density at radius 3 is 2.33 bits per heavy atom. The number of ether oxygens (including phenoxy) is 1. The molecule has 0 bridgehead atoms. The Kier molecular flexibility index (Phi) is 5.08. The maximum absolute atomic E-state index is 10.7. The highest BCUT2D eigenvalue weighted by molar-refractivity contribution is 5.75. The lowest BCUT2D eigenvalue weighted by atomic mass is 10.2. The predicted octanol–water partition coefficient (Wildman–Crippen LogP) is -0.284. The molecule has 0 rings (SSSR count). The SMILES string of the molecule is CC(C)COC(=O)CCC(=O)[O-]. The van der Waals surface area contributed by atoms with Crippen LogP contribution in [0.25, 0.3) is 0 Å². The number of carboxylic acids is 1. The molecular formula is C8H13O4-. The molecule has 4 nitrogen and oxygen atoms in total. The topological polar surface area (TPSA) is 66.4 Å². The van der Waals surface area contributed by atoms with E-state index < -0.39 is 11.9 Å². The van der Waals surface area contributed by atoms with Crippen molar-refractivity contribution >= 4 is 11.9 Å². The molecule has 0 atom stereocenters. The highest BCUT2D eigenvalue weighted by Gasteiger charge is 2.03. The van der Waals surface area contributed by atoms with E-state index in [1.54, 1.807) is 0 Å². The van der Waals surface area contributed by atoms with E-state index in [1.165, 1.54) is 0 Å². The first kappa shape index (κ1) is 10.9. The smallest absolute Gasteiger partial charge is 0.306 e. The fourth-order valence-corrected chi connectivity index (χ4v) is 0.536. The fraction of sp³-hybridized carbons (Fsp3) is 0.750. The molecule has 70 valence electrons. The molecule has 0 spiro atoms. The molecule has 0 fully saturated rings. The summed E-state index contributed by atoms with van der Waals surface area (Å²) in [6, 6.07) is 0. The Balaban J connectivity index is 3.40. The van der Waals surface area contributed by atoms with E-state index in [1.807, 2.05) is 13.8 Å². The Labute approximate surface area is 71.5 Å². The molecule has 0 aromatic rings. The number of carbonyl (C=O) groups is 2. The molecule has 4 heteroatoms. The standard InChI is InChI=1S/C8H14O4/c1-6(2)5-12-8(11)4-3-7(9)10/h6H,3-5H2,1-2H3,(H,9,10)/p-1. The van der Waals surface area contributed by atoms with Gasteiger partial charge in [-0.05, 0) is 12.3 Å². The summed E-state index contributed by atoms with van der Waals surface area (Å²) in [4.78, 5) is 20.7. The van der Waals surface area contributed by atoms with Gasteiger partial charge in [0.25, 0.3) is 0 Å². The van der Waals surface area contributed by atoms with Crippen LogP contribution in [0.1, 0.15) is 26.7 Å². The molecule has 0 radical (unpaired) electrons. The van der Waals surface area contributed by atoms with Gasteiger partial charge in [-0.15, -0.1) is 0 Å². The summed E-state index contributed by atoms with van der Waals surface area (Å²) in [5.41, 5.74) is 0. The molecule has 0 heterocycles. The van der Waals surface area contributed by atoms with Gasteiger partial charge < -0.3 is 14.6 Å². The number of esters is 1. The molecule has 12 heavy (non-hydrogen) atoms. The normalized spacial score (nSPS) is 9.92. The van der Waals surface area contributed by atoms with E-state index in [0.717, 1.165) is 0 Å². The van der Waals surface area contributed by atoms with Crippen molar-refractivity contribution < 1.29 is 19.4 Å². The van der Waals surface area contributed by atoms with E-state index in [0.29, 0.717) is 6.61 Å². The maximum atomic E-state index is 10.7. The molecule has 0 aliphatic carbocycles. The van der Waals surface area contributed by atoms with Crippen LogP contribution in [-0.4, -0.2) is 18.5 Å². The van der Waals surface area contributed by atoms with Crippen LogP contribution in [0, 0.1) is 5.92 Å². The predicted molar refractivity (Wildman–Crippen MR) is 40.0 cm³/mol. The first-order valence-corrected chi connectivity index (χ1v) is 3.88. The van der Waals surface area contributed by atoms with Crippen LogP contribution in [0.15, 0.2) is 0 Å². The van der Waals surface area contributed by atoms with E-state index in [9.17, 15) is 14.7 Å². The van der Waals surface area contributed by atoms with Gasteiger partial charge in [0.1, 0.15) is 0 Å². The van der Waals surface area contributed by atoms with Gasteiger partial charge in [-0.2, -0.15) is 0 Å². The Morgan fingerprint density at radius 2 is 1.92 bits per heavy atom. The third kappa shape index (κ3) is 7.05. The van der Waals surface area contributed by atoms with Gasteiger partial charge >= 0.3 is 5.97 Å². The average molecular weight is 173 g/mol. The summed E-state index contributed by atoms with van der Waals surface area (Å²) < 4.78 is 4.72. The zero-order valence-corrected chi connectivity index (χ0v) is 7.33. The Morgan fingerprint density at radius 1 is 1.33 bits per heavy atom. The quantitative estimate of drug-likeness (QED) is 0.536. The van der Waals surface area contributed by atoms with Crippen LogP contribution in [0.3, 0.4) is 0 Å². The maximum Gasteiger partial charge on any atom is 0.306 e. The largest absolute Gasteiger partial charge is 0.550 e. The van der Waals surface area contributed by atoms with Crippen molar-refractivity contribution in [1.82, 2.24) is 0 Å². The van der Waals surface area contributed by atoms with Crippen molar-refractivity contribution in [3.8, 4) is 0 Å². The van der Waals surface area contributed by atoms with Crippen molar-refractivity contribution in [2.45, 2.75) is 26.7 Å². The Hall–Kier alpha value is -1.06. The highest BCUT2D eigenvalue weighted by atomic mass is 16.5. The van der Waals surface area contributed by atoms with Crippen molar-refractivity contribution in [2.75, 3.05) is 6.61 Å². The highest BCUT2D eigenvalue weighted by Crippen LogP contribution is 1.96. The number of aliphatic carboxylic acids is 1. The molecule has 0 saturated carbocycles. The molecule has 0 saturated heterocycles. The monoisotopic (exact) mass is 173 g/mol. The first-order valence-electron chi connectivity index (χ1n) is 3.88. The zero-order valence-electron chi connectivity index (χ0n) is 7.33. The van der Waals surface area contributed by atoms with Gasteiger partial charge in [0.2, 0.25) is 0 Å². The van der Waals surface area contributed by atoms with Gasteiger partial charge in [-0.3, -0.25) is 4.79 Å². The lowest BCUT2D eigenvalue weighted by Gasteiger charge is -2.06. The van der Waals surface area contributed by atoms with E-state index in [4.69, 9.17) is 4.74 Å². The molecule has 0 unspecified atom stereocenters. The summed E-state index contributed by atoms with van der Waals surface area (Å²) in [7, 11) is 0. The second-order valence-corrected chi connectivity index (χ2v) is 2.95. The number of hydrogen-bond donors (Lipinski definition) is 0. The molecule has 0 amide bonds. The first-order chi connectivity index (χ1) is 5.52. The van der Waals surface area contributed by atoms with Crippen molar-refractivity contribution in [2.24, 2.45) is 5.92 Å². The van der Waals surface area contributed by atoms with Crippen LogP contribution in [0.2, 0.25) is 0 Å². The third-order valence-corrected chi connectivity index (χ3v) is 1.11. The molecule has 0 N–H and O–H groups in total. The van der Waals surface area contributed by atoms with E-state index in [2.05, 4.69) is 0 Å². The summed E-state index contributed by atoms with van der Waals surface area (Å²) in [6.45, 7) is 4.16. The molecule has 0 aliphatic heterocycles. The van der Waals surface area contributed by atoms with E-state index >= 15 is 0 Å². The molecule has 0 aromatic carbocycles. The van der Waals surface area contributed by atoms with Crippen LogP contribution in [-0.2, 0) is 14.3 Å². The average Bonchev–Trinajstić information content (AvgIpc) is 1.96. The van der Waals surface area contributed by atoms with E-state index in [-0.39, 0.29) is 18.8 Å². The van der Waals surface area contributed by atoms with Crippen LogP contribution in [0.4, 0.5) is 0 Å². The number of rotatable bonds is 5. The van der Waals surface area contributed by atoms with Gasteiger partial charge in [-0.25, -0.2) is 0 Å².